The third-order valence-corrected chi connectivity index (χ3v) is 4.75. The quantitative estimate of drug-likeness (QED) is 0.793. The number of amides is 2. The highest BCUT2D eigenvalue weighted by Crippen LogP contribution is 2.28. The predicted molar refractivity (Wildman–Crippen MR) is 118 cm³/mol. The Balaban J connectivity index is 2.20. The van der Waals surface area contributed by atoms with Crippen molar-refractivity contribution in [2.24, 2.45) is 0 Å². The van der Waals surface area contributed by atoms with E-state index >= 15 is 0 Å². The van der Waals surface area contributed by atoms with Crippen LogP contribution >= 0.6 is 0 Å². The van der Waals surface area contributed by atoms with E-state index in [2.05, 4.69) is 10.6 Å². The molecule has 0 aromatic heterocycles. The molecule has 2 amide bonds. The van der Waals surface area contributed by atoms with Gasteiger partial charge in [-0.1, -0.05) is 0 Å². The summed E-state index contributed by atoms with van der Waals surface area (Å²) in [7, 11) is 7.86. The molecule has 0 atom stereocenters. The Bertz CT molecular complexity index is 795. The highest BCUT2D eigenvalue weighted by Gasteiger charge is 2.19. The molecule has 0 spiro atoms. The van der Waals surface area contributed by atoms with E-state index in [1.807, 2.05) is 90.0 Å². The number of benzene rings is 2. The number of nitrogens with one attached hydrogen (secondary N) is 2. The maximum absolute atomic E-state index is 12.5. The summed E-state index contributed by atoms with van der Waals surface area (Å²) in [6.07, 6.45) is 0. The average Bonchev–Trinajstić information content (AvgIpc) is 2.60. The Morgan fingerprint density at radius 1 is 0.607 bits per heavy atom. The first-order chi connectivity index (χ1) is 13.0. The van der Waals surface area contributed by atoms with Crippen LogP contribution in [0.3, 0.4) is 0 Å². The number of hydrogen-bond donors (Lipinski definition) is 2. The van der Waals surface area contributed by atoms with Gasteiger partial charge in [0.1, 0.15) is 0 Å². The van der Waals surface area contributed by atoms with E-state index in [0.717, 1.165) is 33.6 Å². The Hall–Kier alpha value is -3.02. The van der Waals surface area contributed by atoms with Crippen LogP contribution in [0.25, 0.3) is 0 Å². The van der Waals surface area contributed by atoms with E-state index in [4.69, 9.17) is 0 Å². The van der Waals surface area contributed by atoms with Crippen molar-refractivity contribution in [2.45, 2.75) is 27.7 Å². The third kappa shape index (κ3) is 4.63. The van der Waals surface area contributed by atoms with E-state index in [0.29, 0.717) is 11.4 Å². The Morgan fingerprint density at radius 3 is 1.07 bits per heavy atom. The first-order valence-corrected chi connectivity index (χ1v) is 9.20. The van der Waals surface area contributed by atoms with Gasteiger partial charge in [-0.25, -0.2) is 0 Å². The smallest absolute Gasteiger partial charge is 0.314 e. The number of aryl methyl sites for hydroxylation is 4. The minimum atomic E-state index is -0.681. The second-order valence-corrected chi connectivity index (χ2v) is 7.61. The molecule has 0 heterocycles. The highest BCUT2D eigenvalue weighted by molar-refractivity contribution is 6.44. The van der Waals surface area contributed by atoms with Crippen molar-refractivity contribution in [1.82, 2.24) is 0 Å². The van der Waals surface area contributed by atoms with Crippen molar-refractivity contribution >= 4 is 34.6 Å². The van der Waals surface area contributed by atoms with Gasteiger partial charge in [0.15, 0.2) is 0 Å². The van der Waals surface area contributed by atoms with Gasteiger partial charge in [0.25, 0.3) is 0 Å². The van der Waals surface area contributed by atoms with Crippen molar-refractivity contribution in [3.63, 3.8) is 0 Å². The zero-order valence-electron chi connectivity index (χ0n) is 18.0. The first-order valence-electron chi connectivity index (χ1n) is 9.20. The molecule has 0 aliphatic carbocycles. The summed E-state index contributed by atoms with van der Waals surface area (Å²) in [5.41, 5.74) is 7.07. The molecule has 28 heavy (non-hydrogen) atoms. The molecular weight excluding hydrogens is 352 g/mol. The molecule has 2 N–H and O–H groups in total. The lowest BCUT2D eigenvalue weighted by Crippen LogP contribution is -2.30. The predicted octanol–water partition coefficient (Wildman–Crippen LogP) is 3.63. The molecule has 0 bridgehead atoms. The lowest BCUT2D eigenvalue weighted by molar-refractivity contribution is -0.133. The van der Waals surface area contributed by atoms with Gasteiger partial charge >= 0.3 is 11.8 Å². The van der Waals surface area contributed by atoms with E-state index in [-0.39, 0.29) is 0 Å². The van der Waals surface area contributed by atoms with Crippen molar-refractivity contribution in [1.29, 1.82) is 0 Å². The molecule has 0 aliphatic heterocycles. The molecule has 0 unspecified atom stereocenters. The number of rotatable bonds is 4. The maximum Gasteiger partial charge on any atom is 0.314 e. The van der Waals surface area contributed by atoms with Crippen LogP contribution in [0.15, 0.2) is 24.3 Å². The molecule has 0 aliphatic rings. The lowest BCUT2D eigenvalue weighted by Gasteiger charge is -2.19. The fraction of sp³-hybridized carbons (Fsp3) is 0.364. The van der Waals surface area contributed by atoms with E-state index in [1.54, 1.807) is 0 Å². The molecule has 0 radical (unpaired) electrons. The van der Waals surface area contributed by atoms with Crippen molar-refractivity contribution in [2.75, 3.05) is 48.6 Å². The largest absolute Gasteiger partial charge is 0.378 e. The molecule has 2 rings (SSSR count). The number of anilines is 4. The zero-order valence-corrected chi connectivity index (χ0v) is 18.0. The van der Waals surface area contributed by atoms with Gasteiger partial charge in [-0.3, -0.25) is 9.59 Å². The normalized spacial score (nSPS) is 10.4. The van der Waals surface area contributed by atoms with Crippen LogP contribution in [-0.4, -0.2) is 40.0 Å². The first kappa shape index (κ1) is 21.3. The second-order valence-electron chi connectivity index (χ2n) is 7.61. The van der Waals surface area contributed by atoms with Gasteiger partial charge in [-0.15, -0.1) is 0 Å². The van der Waals surface area contributed by atoms with Gasteiger partial charge in [0, 0.05) is 50.9 Å². The fourth-order valence-corrected chi connectivity index (χ4v) is 3.13. The van der Waals surface area contributed by atoms with Crippen LogP contribution in [0, 0.1) is 27.7 Å². The topological polar surface area (TPSA) is 64.7 Å². The summed E-state index contributed by atoms with van der Waals surface area (Å²) in [5, 5.41) is 5.51. The lowest BCUT2D eigenvalue weighted by atomic mass is 10.1. The third-order valence-electron chi connectivity index (χ3n) is 4.75. The molecular formula is C22H30N4O2. The summed E-state index contributed by atoms with van der Waals surface area (Å²) >= 11 is 0. The average molecular weight is 383 g/mol. The van der Waals surface area contributed by atoms with Crippen molar-refractivity contribution < 1.29 is 9.59 Å². The van der Waals surface area contributed by atoms with Gasteiger partial charge in [-0.2, -0.15) is 0 Å². The Kier molecular flexibility index (Phi) is 6.33. The number of carbonyl (C=O) groups is 2. The monoisotopic (exact) mass is 382 g/mol. The highest BCUT2D eigenvalue weighted by atomic mass is 16.2. The SMILES string of the molecule is Cc1cc(N(C)C)cc(C)c1NC(=O)C(=O)Nc1c(C)cc(N(C)C)cc1C. The standard InChI is InChI=1S/C22H30N4O2/c1-13-9-17(25(5)6)10-14(2)19(13)23-21(27)22(28)24-20-15(3)11-18(26(7)8)12-16(20)4/h9-12H,1-8H3,(H,23,27)(H,24,28). The summed E-state index contributed by atoms with van der Waals surface area (Å²) in [6.45, 7) is 7.67. The maximum atomic E-state index is 12.5. The van der Waals surface area contributed by atoms with Crippen LogP contribution < -0.4 is 20.4 Å². The van der Waals surface area contributed by atoms with Crippen molar-refractivity contribution in [3.05, 3.63) is 46.5 Å². The Labute approximate surface area is 167 Å². The molecule has 6 heteroatoms. The van der Waals surface area contributed by atoms with Crippen LogP contribution in [0.4, 0.5) is 22.7 Å². The van der Waals surface area contributed by atoms with Crippen LogP contribution in [0.1, 0.15) is 22.3 Å². The fourth-order valence-electron chi connectivity index (χ4n) is 3.13. The van der Waals surface area contributed by atoms with Gasteiger partial charge < -0.3 is 20.4 Å². The minimum absolute atomic E-state index is 0.669. The Morgan fingerprint density at radius 2 is 0.857 bits per heavy atom. The summed E-state index contributed by atoms with van der Waals surface area (Å²) in [6, 6.07) is 7.92. The number of hydrogen-bond acceptors (Lipinski definition) is 4. The minimum Gasteiger partial charge on any atom is -0.378 e. The number of nitrogens with zero attached hydrogens (tertiary/aromatic N) is 2. The summed E-state index contributed by atoms with van der Waals surface area (Å²) < 4.78 is 0. The molecule has 0 saturated heterocycles. The van der Waals surface area contributed by atoms with E-state index in [1.165, 1.54) is 0 Å². The number of carbonyl (C=O) groups excluding carboxylic acids is 2. The molecule has 0 saturated carbocycles. The molecule has 0 fully saturated rings. The van der Waals surface area contributed by atoms with Crippen molar-refractivity contribution in [3.8, 4) is 0 Å². The zero-order chi connectivity index (χ0) is 21.2. The molecule has 6 nitrogen and oxygen atoms in total. The second kappa shape index (κ2) is 8.33. The van der Waals surface area contributed by atoms with Crippen LogP contribution in [0.2, 0.25) is 0 Å². The molecule has 2 aromatic rings. The molecule has 150 valence electrons. The van der Waals surface area contributed by atoms with Crippen LogP contribution in [-0.2, 0) is 9.59 Å². The van der Waals surface area contributed by atoms with E-state index in [9.17, 15) is 9.59 Å². The summed E-state index contributed by atoms with van der Waals surface area (Å²) in [4.78, 5) is 29.0. The van der Waals surface area contributed by atoms with Gasteiger partial charge in [0.05, 0.1) is 0 Å². The molecule has 2 aromatic carbocycles. The van der Waals surface area contributed by atoms with Gasteiger partial charge in [-0.05, 0) is 74.2 Å². The van der Waals surface area contributed by atoms with E-state index < -0.39 is 11.8 Å². The summed E-state index contributed by atoms with van der Waals surface area (Å²) in [5.74, 6) is -1.36. The van der Waals surface area contributed by atoms with Crippen LogP contribution in [0.5, 0.6) is 0 Å². The van der Waals surface area contributed by atoms with Gasteiger partial charge in [0.2, 0.25) is 0 Å².